The van der Waals surface area contributed by atoms with Crippen LogP contribution in [0.5, 0.6) is 0 Å². The summed E-state index contributed by atoms with van der Waals surface area (Å²) < 4.78 is 14.3. The fourth-order valence-electron chi connectivity index (χ4n) is 3.60. The number of H-pyrrole nitrogens is 1. The molecular formula is C19H21ClFN7O. The summed E-state index contributed by atoms with van der Waals surface area (Å²) in [6, 6.07) is 1.68. The second-order valence-electron chi connectivity index (χ2n) is 7.03. The number of piperidine rings is 1. The number of aromatic nitrogens is 4. The summed E-state index contributed by atoms with van der Waals surface area (Å²) in [5, 5.41) is 7.00. The van der Waals surface area contributed by atoms with Crippen LogP contribution in [-0.2, 0) is 0 Å². The highest BCUT2D eigenvalue weighted by Gasteiger charge is 2.23. The third-order valence-corrected chi connectivity index (χ3v) is 5.27. The Labute approximate surface area is 171 Å². The maximum atomic E-state index is 14.3. The summed E-state index contributed by atoms with van der Waals surface area (Å²) in [5.41, 5.74) is 1.35. The standard InChI is InChI=1S/C19H21ClFN7O/c1-22-19(29)28-4-2-3-11(10-28)6-23-18-15(21)9-26-17(27-18)14-8-25-16-13(14)5-12(20)7-24-16/h5,7-9,11H,2-4,6,10H2,1H3,(H,22,29)(H,24,25)(H,23,26,27). The molecule has 3 aromatic rings. The number of hydrogen-bond donors (Lipinski definition) is 3. The quantitative estimate of drug-likeness (QED) is 0.605. The van der Waals surface area contributed by atoms with Crippen molar-refractivity contribution in [1.29, 1.82) is 0 Å². The fourth-order valence-corrected chi connectivity index (χ4v) is 3.76. The topological polar surface area (TPSA) is 98.8 Å². The monoisotopic (exact) mass is 417 g/mol. The number of nitrogens with one attached hydrogen (secondary N) is 3. The van der Waals surface area contributed by atoms with Gasteiger partial charge in [0.05, 0.1) is 11.2 Å². The van der Waals surface area contributed by atoms with Gasteiger partial charge in [0.1, 0.15) is 5.65 Å². The number of amides is 2. The number of rotatable bonds is 4. The molecule has 0 spiro atoms. The minimum atomic E-state index is -0.524. The second kappa shape index (κ2) is 8.20. The highest BCUT2D eigenvalue weighted by atomic mass is 35.5. The molecule has 0 radical (unpaired) electrons. The van der Waals surface area contributed by atoms with Crippen molar-refractivity contribution in [2.75, 3.05) is 32.0 Å². The smallest absolute Gasteiger partial charge is 0.317 e. The highest BCUT2D eigenvalue weighted by molar-refractivity contribution is 6.31. The molecule has 8 nitrogen and oxygen atoms in total. The fraction of sp³-hybridized carbons (Fsp3) is 0.368. The highest BCUT2D eigenvalue weighted by Crippen LogP contribution is 2.28. The normalized spacial score (nSPS) is 16.8. The lowest BCUT2D eigenvalue weighted by atomic mass is 9.98. The van der Waals surface area contributed by atoms with Crippen LogP contribution >= 0.6 is 11.6 Å². The lowest BCUT2D eigenvalue weighted by Crippen LogP contribution is -2.45. The molecule has 0 saturated carbocycles. The van der Waals surface area contributed by atoms with Crippen molar-refractivity contribution in [1.82, 2.24) is 30.2 Å². The predicted molar refractivity (Wildman–Crippen MR) is 109 cm³/mol. The minimum absolute atomic E-state index is 0.0863. The van der Waals surface area contributed by atoms with Gasteiger partial charge in [0.2, 0.25) is 0 Å². The van der Waals surface area contributed by atoms with Crippen molar-refractivity contribution in [2.45, 2.75) is 12.8 Å². The molecule has 4 heterocycles. The van der Waals surface area contributed by atoms with Gasteiger partial charge in [-0.1, -0.05) is 11.6 Å². The average molecular weight is 418 g/mol. The van der Waals surface area contributed by atoms with Crippen LogP contribution in [-0.4, -0.2) is 57.5 Å². The van der Waals surface area contributed by atoms with Gasteiger partial charge in [-0.2, -0.15) is 0 Å². The lowest BCUT2D eigenvalue weighted by Gasteiger charge is -2.32. The molecular weight excluding hydrogens is 397 g/mol. The first-order valence-corrected chi connectivity index (χ1v) is 9.79. The summed E-state index contributed by atoms with van der Waals surface area (Å²) in [6.07, 6.45) is 6.31. The van der Waals surface area contributed by atoms with Gasteiger partial charge < -0.3 is 20.5 Å². The number of halogens is 2. The molecule has 0 aliphatic carbocycles. The predicted octanol–water partition coefficient (Wildman–Crippen LogP) is 3.28. The zero-order valence-corrected chi connectivity index (χ0v) is 16.6. The first-order chi connectivity index (χ1) is 14.0. The van der Waals surface area contributed by atoms with E-state index in [1.54, 1.807) is 30.4 Å². The van der Waals surface area contributed by atoms with E-state index in [-0.39, 0.29) is 17.8 Å². The number of anilines is 1. The van der Waals surface area contributed by atoms with E-state index in [0.29, 0.717) is 35.1 Å². The maximum Gasteiger partial charge on any atom is 0.317 e. The molecule has 152 valence electrons. The van der Waals surface area contributed by atoms with E-state index in [9.17, 15) is 9.18 Å². The average Bonchev–Trinajstić information content (AvgIpc) is 3.16. The van der Waals surface area contributed by atoms with Crippen LogP contribution in [0.4, 0.5) is 15.0 Å². The number of fused-ring (bicyclic) bond motifs is 1. The Morgan fingerprint density at radius 3 is 3.10 bits per heavy atom. The van der Waals surface area contributed by atoms with E-state index < -0.39 is 5.82 Å². The molecule has 1 aliphatic rings. The van der Waals surface area contributed by atoms with E-state index in [0.717, 1.165) is 31.0 Å². The Morgan fingerprint density at radius 2 is 2.28 bits per heavy atom. The number of likely N-dealkylation sites (tertiary alicyclic amines) is 1. The third-order valence-electron chi connectivity index (χ3n) is 5.06. The van der Waals surface area contributed by atoms with Crippen LogP contribution in [0, 0.1) is 11.7 Å². The minimum Gasteiger partial charge on any atom is -0.367 e. The first-order valence-electron chi connectivity index (χ1n) is 9.41. The van der Waals surface area contributed by atoms with E-state index in [2.05, 4.69) is 30.6 Å². The summed E-state index contributed by atoms with van der Waals surface area (Å²) in [7, 11) is 1.62. The third kappa shape index (κ3) is 4.09. The first kappa shape index (κ1) is 19.4. The Balaban J connectivity index is 1.51. The molecule has 29 heavy (non-hydrogen) atoms. The summed E-state index contributed by atoms with van der Waals surface area (Å²) in [4.78, 5) is 29.4. The van der Waals surface area contributed by atoms with Gasteiger partial charge in [-0.05, 0) is 24.8 Å². The van der Waals surface area contributed by atoms with Gasteiger partial charge in [-0.25, -0.2) is 24.1 Å². The molecule has 3 N–H and O–H groups in total. The van der Waals surface area contributed by atoms with Crippen LogP contribution in [0.15, 0.2) is 24.7 Å². The molecule has 0 aromatic carbocycles. The number of aromatic amines is 1. The van der Waals surface area contributed by atoms with Crippen molar-refractivity contribution in [3.05, 3.63) is 35.5 Å². The molecule has 4 rings (SSSR count). The Hall–Kier alpha value is -2.94. The van der Waals surface area contributed by atoms with E-state index >= 15 is 0 Å². The molecule has 1 aliphatic heterocycles. The molecule has 1 unspecified atom stereocenters. The van der Waals surface area contributed by atoms with Crippen LogP contribution < -0.4 is 10.6 Å². The van der Waals surface area contributed by atoms with Gasteiger partial charge >= 0.3 is 6.03 Å². The largest absolute Gasteiger partial charge is 0.367 e. The number of nitrogens with zero attached hydrogens (tertiary/aromatic N) is 4. The summed E-state index contributed by atoms with van der Waals surface area (Å²) in [6.45, 7) is 1.88. The number of carbonyl (C=O) groups excluding carboxylic acids is 1. The van der Waals surface area contributed by atoms with Crippen molar-refractivity contribution in [2.24, 2.45) is 5.92 Å². The SMILES string of the molecule is CNC(=O)N1CCCC(CNc2nc(-c3c[nH]c4ncc(Cl)cc34)ncc2F)C1. The zero-order valence-electron chi connectivity index (χ0n) is 15.9. The second-order valence-corrected chi connectivity index (χ2v) is 7.47. The summed E-state index contributed by atoms with van der Waals surface area (Å²) in [5.74, 6) is 0.204. The number of hydrogen-bond acceptors (Lipinski definition) is 5. The maximum absolute atomic E-state index is 14.3. The molecule has 0 bridgehead atoms. The van der Waals surface area contributed by atoms with Crippen molar-refractivity contribution in [3.63, 3.8) is 0 Å². The van der Waals surface area contributed by atoms with Gasteiger partial charge in [0.15, 0.2) is 17.5 Å². The molecule has 1 atom stereocenters. The van der Waals surface area contributed by atoms with Crippen LogP contribution in [0.25, 0.3) is 22.4 Å². The molecule has 1 saturated heterocycles. The molecule has 1 fully saturated rings. The molecule has 2 amide bonds. The van der Waals surface area contributed by atoms with Gasteiger partial charge in [0, 0.05) is 50.0 Å². The number of pyridine rings is 1. The Kier molecular flexibility index (Phi) is 5.48. The number of urea groups is 1. The zero-order chi connectivity index (χ0) is 20.4. The Bertz CT molecular complexity index is 1040. The van der Waals surface area contributed by atoms with Gasteiger partial charge in [-0.3, -0.25) is 0 Å². The van der Waals surface area contributed by atoms with E-state index in [4.69, 9.17) is 11.6 Å². The Morgan fingerprint density at radius 1 is 1.41 bits per heavy atom. The van der Waals surface area contributed by atoms with E-state index in [1.165, 1.54) is 0 Å². The number of carbonyl (C=O) groups is 1. The summed E-state index contributed by atoms with van der Waals surface area (Å²) >= 11 is 6.05. The van der Waals surface area contributed by atoms with Gasteiger partial charge in [-0.15, -0.1) is 0 Å². The van der Waals surface area contributed by atoms with Crippen molar-refractivity contribution >= 4 is 34.5 Å². The lowest BCUT2D eigenvalue weighted by molar-refractivity contribution is 0.170. The van der Waals surface area contributed by atoms with Crippen LogP contribution in [0.1, 0.15) is 12.8 Å². The van der Waals surface area contributed by atoms with Gasteiger partial charge in [0.25, 0.3) is 0 Å². The van der Waals surface area contributed by atoms with Crippen molar-refractivity contribution < 1.29 is 9.18 Å². The van der Waals surface area contributed by atoms with Crippen LogP contribution in [0.2, 0.25) is 5.02 Å². The molecule has 10 heteroatoms. The molecule has 3 aromatic heterocycles. The van der Waals surface area contributed by atoms with E-state index in [1.807, 2.05) is 0 Å². The van der Waals surface area contributed by atoms with Crippen molar-refractivity contribution in [3.8, 4) is 11.4 Å². The van der Waals surface area contributed by atoms with Crippen LogP contribution in [0.3, 0.4) is 0 Å².